The van der Waals surface area contributed by atoms with Crippen LogP contribution in [0.3, 0.4) is 0 Å². The molecule has 3 aromatic rings. The maximum Gasteiger partial charge on any atom is 0.227 e. The number of rotatable bonds is 3. The Morgan fingerprint density at radius 1 is 1.05 bits per heavy atom. The Labute approximate surface area is 117 Å². The van der Waals surface area contributed by atoms with Crippen LogP contribution in [0.1, 0.15) is 0 Å². The van der Waals surface area contributed by atoms with Gasteiger partial charge in [0.15, 0.2) is 0 Å². The van der Waals surface area contributed by atoms with Gasteiger partial charge < -0.3 is 15.8 Å². The van der Waals surface area contributed by atoms with Gasteiger partial charge >= 0.3 is 0 Å². The summed E-state index contributed by atoms with van der Waals surface area (Å²) in [6.45, 7) is 0. The first kappa shape index (κ1) is 12.3. The van der Waals surface area contributed by atoms with Crippen molar-refractivity contribution < 1.29 is 4.74 Å². The van der Waals surface area contributed by atoms with E-state index in [9.17, 15) is 0 Å². The minimum atomic E-state index is 0.593. The molecule has 4 heteroatoms. The van der Waals surface area contributed by atoms with Gasteiger partial charge in [0.1, 0.15) is 5.75 Å². The maximum absolute atomic E-state index is 5.83. The van der Waals surface area contributed by atoms with Crippen LogP contribution in [-0.2, 0) is 0 Å². The lowest BCUT2D eigenvalue weighted by Crippen LogP contribution is -1.92. The van der Waals surface area contributed by atoms with Crippen molar-refractivity contribution >= 4 is 22.1 Å². The lowest BCUT2D eigenvalue weighted by molar-refractivity contribution is 0.469. The number of nitrogen functional groups attached to an aromatic ring is 1. The van der Waals surface area contributed by atoms with Gasteiger partial charge in [0.05, 0.1) is 0 Å². The van der Waals surface area contributed by atoms with Gasteiger partial charge in [-0.05, 0) is 53.9 Å². The summed E-state index contributed by atoms with van der Waals surface area (Å²) in [4.78, 5) is 4.31. The second kappa shape index (κ2) is 5.09. The number of benzene rings is 2. The van der Waals surface area contributed by atoms with E-state index < -0.39 is 0 Å². The molecule has 20 heavy (non-hydrogen) atoms. The van der Waals surface area contributed by atoms with Crippen LogP contribution in [0.25, 0.3) is 10.8 Å². The van der Waals surface area contributed by atoms with Crippen molar-refractivity contribution in [1.29, 1.82) is 0 Å². The summed E-state index contributed by atoms with van der Waals surface area (Å²) in [6, 6.07) is 15.3. The third-order valence-corrected chi connectivity index (χ3v) is 3.11. The fourth-order valence-corrected chi connectivity index (χ4v) is 2.03. The topological polar surface area (TPSA) is 60.2 Å². The number of nitrogens with one attached hydrogen (secondary N) is 1. The molecule has 0 aliphatic carbocycles. The van der Waals surface area contributed by atoms with Crippen molar-refractivity contribution in [3.05, 3.63) is 54.7 Å². The minimum Gasteiger partial charge on any atom is -0.438 e. The Bertz CT molecular complexity index is 738. The average molecular weight is 265 g/mol. The summed E-state index contributed by atoms with van der Waals surface area (Å²) in [6.07, 6.45) is 1.74. The highest BCUT2D eigenvalue weighted by Crippen LogP contribution is 2.29. The van der Waals surface area contributed by atoms with Crippen LogP contribution in [0, 0.1) is 0 Å². The molecule has 3 N–H and O–H groups in total. The number of hydrogen-bond donors (Lipinski definition) is 2. The standard InChI is InChI=1S/C16H15N3O/c1-18-13-4-7-15-11(10-13)8-9-19-16(15)20-14-5-2-12(17)3-6-14/h2-10,18H,17H2,1H3. The van der Waals surface area contributed by atoms with Gasteiger partial charge in [-0.1, -0.05) is 0 Å². The molecule has 0 amide bonds. The molecule has 0 atom stereocenters. The van der Waals surface area contributed by atoms with Crippen molar-refractivity contribution in [2.75, 3.05) is 18.1 Å². The van der Waals surface area contributed by atoms with Gasteiger partial charge in [-0.2, -0.15) is 0 Å². The molecule has 1 heterocycles. The monoisotopic (exact) mass is 265 g/mol. The molecule has 0 aliphatic rings. The van der Waals surface area contributed by atoms with Crippen LogP contribution >= 0.6 is 0 Å². The summed E-state index contributed by atoms with van der Waals surface area (Å²) in [7, 11) is 1.90. The first-order valence-corrected chi connectivity index (χ1v) is 6.36. The summed E-state index contributed by atoms with van der Waals surface area (Å²) in [5, 5.41) is 5.18. The van der Waals surface area contributed by atoms with Crippen molar-refractivity contribution in [3.8, 4) is 11.6 Å². The fraction of sp³-hybridized carbons (Fsp3) is 0.0625. The molecular weight excluding hydrogens is 250 g/mol. The Balaban J connectivity index is 2.01. The first-order valence-electron chi connectivity index (χ1n) is 6.36. The molecule has 2 aromatic carbocycles. The van der Waals surface area contributed by atoms with Crippen molar-refractivity contribution in [1.82, 2.24) is 4.98 Å². The summed E-state index contributed by atoms with van der Waals surface area (Å²) >= 11 is 0. The average Bonchev–Trinajstić information content (AvgIpc) is 2.49. The smallest absolute Gasteiger partial charge is 0.227 e. The SMILES string of the molecule is CNc1ccc2c(Oc3ccc(N)cc3)nccc2c1. The normalized spacial score (nSPS) is 10.4. The predicted molar refractivity (Wildman–Crippen MR) is 82.2 cm³/mol. The van der Waals surface area contributed by atoms with Gasteiger partial charge in [-0.25, -0.2) is 4.98 Å². The summed E-state index contributed by atoms with van der Waals surface area (Å²) < 4.78 is 5.83. The van der Waals surface area contributed by atoms with Crippen molar-refractivity contribution in [2.45, 2.75) is 0 Å². The molecule has 3 rings (SSSR count). The zero-order valence-electron chi connectivity index (χ0n) is 11.1. The Morgan fingerprint density at radius 3 is 2.60 bits per heavy atom. The number of anilines is 2. The van der Waals surface area contributed by atoms with E-state index in [0.717, 1.165) is 22.2 Å². The second-order valence-electron chi connectivity index (χ2n) is 4.47. The molecule has 0 fully saturated rings. The van der Waals surface area contributed by atoms with Crippen LogP contribution in [0.2, 0.25) is 0 Å². The van der Waals surface area contributed by atoms with E-state index in [4.69, 9.17) is 10.5 Å². The van der Waals surface area contributed by atoms with E-state index in [1.165, 1.54) is 0 Å². The lowest BCUT2D eigenvalue weighted by Gasteiger charge is -2.09. The molecule has 100 valence electrons. The van der Waals surface area contributed by atoms with Gasteiger partial charge in [-0.15, -0.1) is 0 Å². The Morgan fingerprint density at radius 2 is 1.85 bits per heavy atom. The fourth-order valence-electron chi connectivity index (χ4n) is 2.03. The number of pyridine rings is 1. The summed E-state index contributed by atoms with van der Waals surface area (Å²) in [5.41, 5.74) is 7.43. The molecule has 0 unspecified atom stereocenters. The molecule has 0 radical (unpaired) electrons. The Kier molecular flexibility index (Phi) is 3.13. The Hall–Kier alpha value is -2.75. The molecule has 0 aliphatic heterocycles. The molecule has 0 saturated carbocycles. The highest BCUT2D eigenvalue weighted by atomic mass is 16.5. The van der Waals surface area contributed by atoms with E-state index in [0.29, 0.717) is 11.6 Å². The zero-order valence-corrected chi connectivity index (χ0v) is 11.1. The van der Waals surface area contributed by atoms with E-state index in [1.54, 1.807) is 18.3 Å². The van der Waals surface area contributed by atoms with Gasteiger partial charge in [0.25, 0.3) is 0 Å². The van der Waals surface area contributed by atoms with Crippen LogP contribution in [0.15, 0.2) is 54.7 Å². The second-order valence-corrected chi connectivity index (χ2v) is 4.47. The lowest BCUT2D eigenvalue weighted by atomic mass is 10.1. The van der Waals surface area contributed by atoms with Crippen molar-refractivity contribution in [3.63, 3.8) is 0 Å². The third-order valence-electron chi connectivity index (χ3n) is 3.11. The number of fused-ring (bicyclic) bond motifs is 1. The molecule has 1 aromatic heterocycles. The van der Waals surface area contributed by atoms with Crippen LogP contribution in [-0.4, -0.2) is 12.0 Å². The molecular formula is C16H15N3O. The predicted octanol–water partition coefficient (Wildman–Crippen LogP) is 3.65. The summed E-state index contributed by atoms with van der Waals surface area (Å²) in [5.74, 6) is 1.31. The quantitative estimate of drug-likeness (QED) is 0.710. The van der Waals surface area contributed by atoms with E-state index >= 15 is 0 Å². The number of nitrogens with two attached hydrogens (primary N) is 1. The molecule has 4 nitrogen and oxygen atoms in total. The third kappa shape index (κ3) is 2.36. The number of hydrogen-bond acceptors (Lipinski definition) is 4. The van der Waals surface area contributed by atoms with Crippen LogP contribution < -0.4 is 15.8 Å². The first-order chi connectivity index (χ1) is 9.76. The largest absolute Gasteiger partial charge is 0.438 e. The minimum absolute atomic E-state index is 0.593. The van der Waals surface area contributed by atoms with E-state index in [1.807, 2.05) is 37.4 Å². The van der Waals surface area contributed by atoms with Crippen LogP contribution in [0.5, 0.6) is 11.6 Å². The number of ether oxygens (including phenoxy) is 1. The van der Waals surface area contributed by atoms with Crippen LogP contribution in [0.4, 0.5) is 11.4 Å². The van der Waals surface area contributed by atoms with Crippen molar-refractivity contribution in [2.24, 2.45) is 0 Å². The number of nitrogens with zero attached hydrogens (tertiary/aromatic N) is 1. The van der Waals surface area contributed by atoms with E-state index in [2.05, 4.69) is 16.4 Å². The highest BCUT2D eigenvalue weighted by molar-refractivity contribution is 5.89. The molecule has 0 saturated heterocycles. The highest BCUT2D eigenvalue weighted by Gasteiger charge is 2.05. The number of aromatic nitrogens is 1. The van der Waals surface area contributed by atoms with Gasteiger partial charge in [0.2, 0.25) is 5.88 Å². The molecule has 0 bridgehead atoms. The van der Waals surface area contributed by atoms with E-state index in [-0.39, 0.29) is 0 Å². The zero-order chi connectivity index (χ0) is 13.9. The van der Waals surface area contributed by atoms with Gasteiger partial charge in [-0.3, -0.25) is 0 Å². The maximum atomic E-state index is 5.83. The molecule has 0 spiro atoms. The van der Waals surface area contributed by atoms with Gasteiger partial charge in [0, 0.05) is 30.0 Å².